The van der Waals surface area contributed by atoms with Crippen molar-refractivity contribution in [3.63, 3.8) is 0 Å². The minimum atomic E-state index is -0.969. The van der Waals surface area contributed by atoms with E-state index in [9.17, 15) is 10.1 Å². The highest BCUT2D eigenvalue weighted by Gasteiger charge is 2.11. The number of carbonyl (C=O) groups is 1. The minimum Gasteiger partial charge on any atom is -0.478 e. The normalized spacial score (nSPS) is 10.1. The van der Waals surface area contributed by atoms with E-state index in [2.05, 4.69) is 12.0 Å². The number of carboxylic acid groups (broad SMARTS) is 1. The molecule has 1 N–H and O–H groups in total. The second-order valence-electron chi connectivity index (χ2n) is 4.75. The fourth-order valence-corrected chi connectivity index (χ4v) is 2.38. The standard InChI is InChI=1S/C18H10N2O2/c1-2-12-7-8-20-16(9-12)15(11-19)10-17(20)13-3-5-14(6-4-13)18(21)22/h1,3-10H,(H,21,22). The van der Waals surface area contributed by atoms with E-state index in [-0.39, 0.29) is 5.56 Å². The van der Waals surface area contributed by atoms with Gasteiger partial charge in [-0.3, -0.25) is 0 Å². The van der Waals surface area contributed by atoms with Gasteiger partial charge in [-0.25, -0.2) is 4.79 Å². The maximum Gasteiger partial charge on any atom is 0.335 e. The predicted octanol–water partition coefficient (Wildman–Crippen LogP) is 3.16. The molecule has 0 saturated carbocycles. The number of aromatic nitrogens is 1. The summed E-state index contributed by atoms with van der Waals surface area (Å²) in [6.45, 7) is 0. The molecular weight excluding hydrogens is 276 g/mol. The molecule has 104 valence electrons. The van der Waals surface area contributed by atoms with E-state index in [0.717, 1.165) is 16.8 Å². The van der Waals surface area contributed by atoms with E-state index >= 15 is 0 Å². The third kappa shape index (κ3) is 2.09. The molecule has 0 radical (unpaired) electrons. The summed E-state index contributed by atoms with van der Waals surface area (Å²) in [7, 11) is 0. The molecule has 1 aromatic carbocycles. The van der Waals surface area contributed by atoms with Crippen LogP contribution >= 0.6 is 0 Å². The van der Waals surface area contributed by atoms with Crippen molar-refractivity contribution in [2.45, 2.75) is 0 Å². The highest BCUT2D eigenvalue weighted by atomic mass is 16.4. The van der Waals surface area contributed by atoms with Gasteiger partial charge in [-0.15, -0.1) is 6.42 Å². The summed E-state index contributed by atoms with van der Waals surface area (Å²) in [5.74, 6) is 1.58. The van der Waals surface area contributed by atoms with Gasteiger partial charge in [0.2, 0.25) is 0 Å². The van der Waals surface area contributed by atoms with Gasteiger partial charge in [0.15, 0.2) is 0 Å². The quantitative estimate of drug-likeness (QED) is 0.736. The highest BCUT2D eigenvalue weighted by molar-refractivity contribution is 5.88. The molecule has 4 heteroatoms. The first kappa shape index (κ1) is 13.5. The molecule has 0 unspecified atom stereocenters. The zero-order valence-corrected chi connectivity index (χ0v) is 11.4. The van der Waals surface area contributed by atoms with Crippen molar-refractivity contribution in [2.24, 2.45) is 0 Å². The number of fused-ring (bicyclic) bond motifs is 1. The SMILES string of the molecule is C#Cc1ccn2c(-c3ccc(C(=O)O)cc3)cc(C#N)c2c1. The number of hydrogen-bond donors (Lipinski definition) is 1. The molecule has 2 heterocycles. The summed E-state index contributed by atoms with van der Waals surface area (Å²) in [5.41, 5.74) is 3.82. The van der Waals surface area contributed by atoms with Gasteiger partial charge < -0.3 is 9.51 Å². The van der Waals surface area contributed by atoms with Gasteiger partial charge >= 0.3 is 5.97 Å². The number of aromatic carboxylic acids is 1. The zero-order chi connectivity index (χ0) is 15.7. The van der Waals surface area contributed by atoms with Crippen molar-refractivity contribution in [3.05, 3.63) is 65.4 Å². The van der Waals surface area contributed by atoms with Crippen LogP contribution < -0.4 is 0 Å². The van der Waals surface area contributed by atoms with Gasteiger partial charge in [0.1, 0.15) is 6.07 Å². The Bertz CT molecular complexity index is 967. The Morgan fingerprint density at radius 1 is 1.18 bits per heavy atom. The van der Waals surface area contributed by atoms with Crippen LogP contribution in [0.1, 0.15) is 21.5 Å². The van der Waals surface area contributed by atoms with Crippen molar-refractivity contribution in [1.29, 1.82) is 5.26 Å². The van der Waals surface area contributed by atoms with Crippen molar-refractivity contribution in [3.8, 4) is 29.7 Å². The van der Waals surface area contributed by atoms with Crippen molar-refractivity contribution < 1.29 is 9.90 Å². The number of pyridine rings is 1. The fourth-order valence-electron chi connectivity index (χ4n) is 2.38. The lowest BCUT2D eigenvalue weighted by atomic mass is 10.1. The Labute approximate surface area is 126 Å². The maximum atomic E-state index is 10.9. The minimum absolute atomic E-state index is 0.222. The molecule has 0 spiro atoms. The molecule has 0 aliphatic carbocycles. The summed E-state index contributed by atoms with van der Waals surface area (Å²) < 4.78 is 1.87. The van der Waals surface area contributed by atoms with Crippen LogP contribution in [0.2, 0.25) is 0 Å². The molecule has 0 aliphatic rings. The number of carboxylic acids is 1. The van der Waals surface area contributed by atoms with Crippen molar-refractivity contribution in [1.82, 2.24) is 4.40 Å². The highest BCUT2D eigenvalue weighted by Crippen LogP contribution is 2.26. The number of terminal acetylenes is 1. The van der Waals surface area contributed by atoms with Crippen LogP contribution in [0.3, 0.4) is 0 Å². The smallest absolute Gasteiger partial charge is 0.335 e. The Balaban J connectivity index is 2.21. The second-order valence-corrected chi connectivity index (χ2v) is 4.75. The van der Waals surface area contributed by atoms with Crippen LogP contribution in [0, 0.1) is 23.7 Å². The average Bonchev–Trinajstić information content (AvgIpc) is 2.92. The summed E-state index contributed by atoms with van der Waals surface area (Å²) in [6.07, 6.45) is 7.21. The van der Waals surface area contributed by atoms with Gasteiger partial charge in [0.05, 0.1) is 22.3 Å². The van der Waals surface area contributed by atoms with Crippen LogP contribution in [0.25, 0.3) is 16.8 Å². The van der Waals surface area contributed by atoms with E-state index in [1.165, 1.54) is 0 Å². The van der Waals surface area contributed by atoms with Gasteiger partial charge in [-0.05, 0) is 35.9 Å². The van der Waals surface area contributed by atoms with E-state index < -0.39 is 5.97 Å². The zero-order valence-electron chi connectivity index (χ0n) is 11.4. The fraction of sp³-hybridized carbons (Fsp3) is 0. The third-order valence-electron chi connectivity index (χ3n) is 3.49. The Hall–Kier alpha value is -3.50. The van der Waals surface area contributed by atoms with Crippen molar-refractivity contribution in [2.75, 3.05) is 0 Å². The van der Waals surface area contributed by atoms with Gasteiger partial charge in [-0.1, -0.05) is 18.1 Å². The van der Waals surface area contributed by atoms with Gasteiger partial charge in [0, 0.05) is 11.8 Å². The van der Waals surface area contributed by atoms with E-state index in [4.69, 9.17) is 11.5 Å². The molecule has 4 nitrogen and oxygen atoms in total. The Morgan fingerprint density at radius 2 is 1.91 bits per heavy atom. The summed E-state index contributed by atoms with van der Waals surface area (Å²) in [5, 5.41) is 18.2. The molecule has 2 aromatic heterocycles. The third-order valence-corrected chi connectivity index (χ3v) is 3.49. The summed E-state index contributed by atoms with van der Waals surface area (Å²) in [4.78, 5) is 10.9. The molecule has 3 rings (SSSR count). The maximum absolute atomic E-state index is 10.9. The molecule has 0 saturated heterocycles. The van der Waals surface area contributed by atoms with Gasteiger partial charge in [0.25, 0.3) is 0 Å². The first-order chi connectivity index (χ1) is 10.6. The number of benzene rings is 1. The van der Waals surface area contributed by atoms with E-state index in [1.807, 2.05) is 10.6 Å². The van der Waals surface area contributed by atoms with Gasteiger partial charge in [-0.2, -0.15) is 5.26 Å². The number of hydrogen-bond acceptors (Lipinski definition) is 2. The lowest BCUT2D eigenvalue weighted by Gasteiger charge is -2.04. The summed E-state index contributed by atoms with van der Waals surface area (Å²) in [6, 6.07) is 14.0. The molecule has 0 atom stereocenters. The van der Waals surface area contributed by atoms with E-state index in [0.29, 0.717) is 11.1 Å². The monoisotopic (exact) mass is 286 g/mol. The molecule has 0 bridgehead atoms. The van der Waals surface area contributed by atoms with E-state index in [1.54, 1.807) is 42.5 Å². The second kappa shape index (κ2) is 5.12. The number of nitriles is 1. The predicted molar refractivity (Wildman–Crippen MR) is 82.4 cm³/mol. The molecule has 0 amide bonds. The lowest BCUT2D eigenvalue weighted by Crippen LogP contribution is -1.95. The molecule has 0 aliphatic heterocycles. The Morgan fingerprint density at radius 3 is 2.50 bits per heavy atom. The summed E-state index contributed by atoms with van der Waals surface area (Å²) >= 11 is 0. The van der Waals surface area contributed by atoms with Crippen molar-refractivity contribution >= 4 is 11.5 Å². The van der Waals surface area contributed by atoms with Crippen LogP contribution in [-0.4, -0.2) is 15.5 Å². The van der Waals surface area contributed by atoms with Crippen LogP contribution in [0.15, 0.2) is 48.7 Å². The number of nitrogens with zero attached hydrogens (tertiary/aromatic N) is 2. The first-order valence-electron chi connectivity index (χ1n) is 6.49. The molecule has 3 aromatic rings. The van der Waals surface area contributed by atoms with Crippen LogP contribution in [0.5, 0.6) is 0 Å². The topological polar surface area (TPSA) is 65.5 Å². The average molecular weight is 286 g/mol. The molecular formula is C18H10N2O2. The molecule has 0 fully saturated rings. The first-order valence-corrected chi connectivity index (χ1v) is 6.49. The largest absolute Gasteiger partial charge is 0.478 e. The van der Waals surface area contributed by atoms with Crippen LogP contribution in [-0.2, 0) is 0 Å². The number of rotatable bonds is 2. The van der Waals surface area contributed by atoms with Crippen LogP contribution in [0.4, 0.5) is 0 Å². The molecule has 22 heavy (non-hydrogen) atoms. The Kier molecular flexibility index (Phi) is 3.14. The lowest BCUT2D eigenvalue weighted by molar-refractivity contribution is 0.0697.